The zero-order valence-electron chi connectivity index (χ0n) is 12.2. The Kier molecular flexibility index (Phi) is 6.16. The molecule has 0 aliphatic rings. The van der Waals surface area contributed by atoms with Crippen LogP contribution in [0.4, 0.5) is 0 Å². The molecule has 1 N–H and O–H groups in total. The maximum absolute atomic E-state index is 5.69. The van der Waals surface area contributed by atoms with E-state index in [4.69, 9.17) is 4.74 Å². The topological polar surface area (TPSA) is 24.5 Å². The highest BCUT2D eigenvalue weighted by Gasteiger charge is 2.04. The van der Waals surface area contributed by atoms with Gasteiger partial charge in [-0.05, 0) is 52.6 Å². The van der Waals surface area contributed by atoms with Crippen molar-refractivity contribution in [2.24, 2.45) is 0 Å². The van der Waals surface area contributed by atoms with E-state index in [-0.39, 0.29) is 6.10 Å². The van der Waals surface area contributed by atoms with Crippen molar-refractivity contribution in [3.8, 4) is 5.75 Å². The number of likely N-dealkylation sites (N-methyl/N-ethyl adjacent to an activating group) is 1. The Hall–Kier alpha value is -1.06. The average Bonchev–Trinajstić information content (AvgIpc) is 2.25. The van der Waals surface area contributed by atoms with Crippen molar-refractivity contribution in [1.82, 2.24) is 10.2 Å². The SMILES string of the molecule is CC(CN(C)C)NCc1cccc(OC(C)C)c1. The van der Waals surface area contributed by atoms with Crippen LogP contribution in [0, 0.1) is 0 Å². The summed E-state index contributed by atoms with van der Waals surface area (Å²) in [6.45, 7) is 8.22. The molecular formula is C15H26N2O. The highest BCUT2D eigenvalue weighted by Crippen LogP contribution is 2.14. The van der Waals surface area contributed by atoms with E-state index < -0.39 is 0 Å². The highest BCUT2D eigenvalue weighted by molar-refractivity contribution is 5.28. The van der Waals surface area contributed by atoms with Crippen LogP contribution in [0.5, 0.6) is 5.75 Å². The Morgan fingerprint density at radius 3 is 2.56 bits per heavy atom. The normalized spacial score (nSPS) is 13.1. The third-order valence-corrected chi connectivity index (χ3v) is 2.56. The first-order chi connectivity index (χ1) is 8.47. The predicted octanol–water partition coefficient (Wildman–Crippen LogP) is 2.51. The minimum absolute atomic E-state index is 0.223. The Labute approximate surface area is 111 Å². The molecule has 1 aromatic rings. The smallest absolute Gasteiger partial charge is 0.120 e. The molecule has 3 heteroatoms. The van der Waals surface area contributed by atoms with Gasteiger partial charge in [0.1, 0.15) is 5.75 Å². The van der Waals surface area contributed by atoms with Crippen molar-refractivity contribution < 1.29 is 4.74 Å². The van der Waals surface area contributed by atoms with Gasteiger partial charge in [0.2, 0.25) is 0 Å². The second-order valence-electron chi connectivity index (χ2n) is 5.36. The van der Waals surface area contributed by atoms with Gasteiger partial charge in [0.15, 0.2) is 0 Å². The minimum Gasteiger partial charge on any atom is -0.491 e. The van der Waals surface area contributed by atoms with Crippen molar-refractivity contribution in [2.75, 3.05) is 20.6 Å². The van der Waals surface area contributed by atoms with Crippen LogP contribution in [-0.2, 0) is 6.54 Å². The van der Waals surface area contributed by atoms with Crippen molar-refractivity contribution in [1.29, 1.82) is 0 Å². The molecular weight excluding hydrogens is 224 g/mol. The molecule has 0 aliphatic carbocycles. The van der Waals surface area contributed by atoms with Crippen LogP contribution >= 0.6 is 0 Å². The summed E-state index contributed by atoms with van der Waals surface area (Å²) in [6.07, 6.45) is 0.223. The second kappa shape index (κ2) is 7.39. The van der Waals surface area contributed by atoms with Gasteiger partial charge in [-0.25, -0.2) is 0 Å². The lowest BCUT2D eigenvalue weighted by Gasteiger charge is -2.18. The summed E-state index contributed by atoms with van der Waals surface area (Å²) >= 11 is 0. The molecule has 102 valence electrons. The summed E-state index contributed by atoms with van der Waals surface area (Å²) < 4.78 is 5.69. The molecule has 0 radical (unpaired) electrons. The number of rotatable bonds is 7. The van der Waals surface area contributed by atoms with Gasteiger partial charge in [-0.1, -0.05) is 12.1 Å². The van der Waals surface area contributed by atoms with Gasteiger partial charge in [0, 0.05) is 19.1 Å². The monoisotopic (exact) mass is 250 g/mol. The van der Waals surface area contributed by atoms with Gasteiger partial charge in [0.05, 0.1) is 6.10 Å². The quantitative estimate of drug-likeness (QED) is 0.805. The van der Waals surface area contributed by atoms with Crippen LogP contribution in [0.2, 0.25) is 0 Å². The lowest BCUT2D eigenvalue weighted by atomic mass is 10.2. The highest BCUT2D eigenvalue weighted by atomic mass is 16.5. The fourth-order valence-electron chi connectivity index (χ4n) is 1.91. The van der Waals surface area contributed by atoms with Crippen LogP contribution in [-0.4, -0.2) is 37.7 Å². The number of nitrogens with one attached hydrogen (secondary N) is 1. The second-order valence-corrected chi connectivity index (χ2v) is 5.36. The molecule has 0 saturated heterocycles. The maximum Gasteiger partial charge on any atom is 0.120 e. The molecule has 0 bridgehead atoms. The van der Waals surface area contributed by atoms with Gasteiger partial charge < -0.3 is 15.0 Å². The molecule has 1 rings (SSSR count). The molecule has 0 amide bonds. The number of benzene rings is 1. The van der Waals surface area contributed by atoms with Gasteiger partial charge in [0.25, 0.3) is 0 Å². The van der Waals surface area contributed by atoms with Crippen molar-refractivity contribution in [3.05, 3.63) is 29.8 Å². The molecule has 0 aliphatic heterocycles. The molecule has 0 fully saturated rings. The number of nitrogens with zero attached hydrogens (tertiary/aromatic N) is 1. The lowest BCUT2D eigenvalue weighted by Crippen LogP contribution is -2.35. The van der Waals surface area contributed by atoms with Gasteiger partial charge >= 0.3 is 0 Å². The van der Waals surface area contributed by atoms with E-state index in [1.54, 1.807) is 0 Å². The van der Waals surface area contributed by atoms with Crippen LogP contribution in [0.25, 0.3) is 0 Å². The van der Waals surface area contributed by atoms with Crippen LogP contribution in [0.15, 0.2) is 24.3 Å². The fraction of sp³-hybridized carbons (Fsp3) is 0.600. The van der Waals surface area contributed by atoms with E-state index in [1.165, 1.54) is 5.56 Å². The standard InChI is InChI=1S/C15H26N2O/c1-12(2)18-15-8-6-7-14(9-15)10-16-13(3)11-17(4)5/h6-9,12-13,16H,10-11H2,1-5H3. The summed E-state index contributed by atoms with van der Waals surface area (Å²) in [4.78, 5) is 2.19. The Bertz CT molecular complexity index is 350. The Balaban J connectivity index is 2.47. The van der Waals surface area contributed by atoms with E-state index in [1.807, 2.05) is 26.0 Å². The fourth-order valence-corrected chi connectivity index (χ4v) is 1.91. The Morgan fingerprint density at radius 1 is 1.22 bits per heavy atom. The molecule has 18 heavy (non-hydrogen) atoms. The summed E-state index contributed by atoms with van der Waals surface area (Å²) in [6, 6.07) is 8.77. The maximum atomic E-state index is 5.69. The molecule has 0 saturated carbocycles. The number of ether oxygens (including phenoxy) is 1. The predicted molar refractivity (Wildman–Crippen MR) is 77.1 cm³/mol. The summed E-state index contributed by atoms with van der Waals surface area (Å²) in [7, 11) is 4.19. The minimum atomic E-state index is 0.223. The van der Waals surface area contributed by atoms with Gasteiger partial charge in [-0.2, -0.15) is 0 Å². The zero-order valence-corrected chi connectivity index (χ0v) is 12.2. The van der Waals surface area contributed by atoms with Gasteiger partial charge in [-0.15, -0.1) is 0 Å². The van der Waals surface area contributed by atoms with Crippen LogP contribution < -0.4 is 10.1 Å². The van der Waals surface area contributed by atoms with Crippen molar-refractivity contribution in [3.63, 3.8) is 0 Å². The first-order valence-electron chi connectivity index (χ1n) is 6.61. The summed E-state index contributed by atoms with van der Waals surface area (Å²) in [5.74, 6) is 0.949. The van der Waals surface area contributed by atoms with Crippen molar-refractivity contribution in [2.45, 2.75) is 39.5 Å². The van der Waals surface area contributed by atoms with Crippen LogP contribution in [0.3, 0.4) is 0 Å². The van der Waals surface area contributed by atoms with E-state index in [0.29, 0.717) is 6.04 Å². The average molecular weight is 250 g/mol. The third-order valence-electron chi connectivity index (χ3n) is 2.56. The molecule has 1 aromatic carbocycles. The third kappa shape index (κ3) is 6.03. The van der Waals surface area contributed by atoms with Gasteiger partial charge in [-0.3, -0.25) is 0 Å². The first-order valence-corrected chi connectivity index (χ1v) is 6.61. The van der Waals surface area contributed by atoms with Crippen molar-refractivity contribution >= 4 is 0 Å². The zero-order chi connectivity index (χ0) is 13.5. The molecule has 0 heterocycles. The Morgan fingerprint density at radius 2 is 1.94 bits per heavy atom. The van der Waals surface area contributed by atoms with E-state index in [9.17, 15) is 0 Å². The summed E-state index contributed by atoms with van der Waals surface area (Å²) in [5, 5.41) is 3.51. The summed E-state index contributed by atoms with van der Waals surface area (Å²) in [5.41, 5.74) is 1.26. The largest absolute Gasteiger partial charge is 0.491 e. The lowest BCUT2D eigenvalue weighted by molar-refractivity contribution is 0.242. The molecule has 3 nitrogen and oxygen atoms in total. The van der Waals surface area contributed by atoms with Crippen LogP contribution in [0.1, 0.15) is 26.3 Å². The van der Waals surface area contributed by atoms with E-state index >= 15 is 0 Å². The molecule has 1 unspecified atom stereocenters. The van der Waals surface area contributed by atoms with E-state index in [0.717, 1.165) is 18.8 Å². The molecule has 0 aromatic heterocycles. The number of hydrogen-bond acceptors (Lipinski definition) is 3. The van der Waals surface area contributed by atoms with E-state index in [2.05, 4.69) is 43.4 Å². The molecule has 1 atom stereocenters. The molecule has 0 spiro atoms. The first kappa shape index (κ1) is 15.0. The number of hydrogen-bond donors (Lipinski definition) is 1.